The van der Waals surface area contributed by atoms with Crippen molar-refractivity contribution >= 4 is 11.6 Å². The molecule has 1 aromatic heterocycles. The molecule has 5 nitrogen and oxygen atoms in total. The van der Waals surface area contributed by atoms with Gasteiger partial charge in [0.05, 0.1) is 11.9 Å². The zero-order valence-corrected chi connectivity index (χ0v) is 6.57. The molecule has 0 bridgehead atoms. The first-order valence-corrected chi connectivity index (χ1v) is 3.19. The van der Waals surface area contributed by atoms with Gasteiger partial charge in [-0.1, -0.05) is 0 Å². The highest BCUT2D eigenvalue weighted by atomic mass is 15.3. The first kappa shape index (κ1) is 7.59. The van der Waals surface area contributed by atoms with Crippen LogP contribution in [0, 0.1) is 6.92 Å². The predicted molar refractivity (Wildman–Crippen MR) is 43.4 cm³/mol. The average molecular weight is 153 g/mol. The lowest BCUT2D eigenvalue weighted by molar-refractivity contribution is 0.756. The molecule has 0 aliphatic rings. The van der Waals surface area contributed by atoms with Crippen LogP contribution in [0.1, 0.15) is 5.69 Å². The molecule has 0 saturated heterocycles. The average Bonchev–Trinajstić information content (AvgIpc) is 2.09. The van der Waals surface area contributed by atoms with Crippen molar-refractivity contribution in [2.24, 2.45) is 23.5 Å². The maximum Gasteiger partial charge on any atom is 0.191 e. The molecule has 11 heavy (non-hydrogen) atoms. The Morgan fingerprint density at radius 1 is 1.64 bits per heavy atom. The molecule has 0 atom stereocenters. The Balaban J connectivity index is 3.04. The maximum absolute atomic E-state index is 5.19. The van der Waals surface area contributed by atoms with Crippen molar-refractivity contribution in [3.8, 4) is 0 Å². The van der Waals surface area contributed by atoms with Gasteiger partial charge in [-0.15, -0.1) is 0 Å². The second-order valence-corrected chi connectivity index (χ2v) is 2.31. The van der Waals surface area contributed by atoms with Crippen molar-refractivity contribution < 1.29 is 0 Å². The highest BCUT2D eigenvalue weighted by molar-refractivity contribution is 5.79. The van der Waals surface area contributed by atoms with Gasteiger partial charge in [0.15, 0.2) is 5.96 Å². The highest BCUT2D eigenvalue weighted by Gasteiger charge is 1.99. The van der Waals surface area contributed by atoms with Crippen LogP contribution in [0.15, 0.2) is 11.2 Å². The third-order valence-corrected chi connectivity index (χ3v) is 1.24. The zero-order chi connectivity index (χ0) is 8.43. The highest BCUT2D eigenvalue weighted by Crippen LogP contribution is 2.14. The van der Waals surface area contributed by atoms with Crippen LogP contribution in [0.3, 0.4) is 0 Å². The minimum absolute atomic E-state index is 0.0566. The number of hydrogen-bond acceptors (Lipinski definition) is 2. The van der Waals surface area contributed by atoms with Crippen molar-refractivity contribution in [3.63, 3.8) is 0 Å². The minimum atomic E-state index is 0.0566. The van der Waals surface area contributed by atoms with Gasteiger partial charge in [0.1, 0.15) is 5.69 Å². The molecule has 0 aromatic carbocycles. The Labute approximate surface area is 64.7 Å². The maximum atomic E-state index is 5.19. The SMILES string of the molecule is Cc1nn(C)cc1N=C(N)N. The monoisotopic (exact) mass is 153 g/mol. The number of aryl methyl sites for hydroxylation is 2. The van der Waals surface area contributed by atoms with Gasteiger partial charge in [-0.2, -0.15) is 5.10 Å². The zero-order valence-electron chi connectivity index (χ0n) is 6.57. The molecular formula is C6H11N5. The van der Waals surface area contributed by atoms with Gasteiger partial charge < -0.3 is 11.5 Å². The first-order valence-electron chi connectivity index (χ1n) is 3.19. The molecule has 1 heterocycles. The van der Waals surface area contributed by atoms with Gasteiger partial charge in [-0.3, -0.25) is 4.68 Å². The van der Waals surface area contributed by atoms with Gasteiger partial charge in [0.2, 0.25) is 0 Å². The molecule has 1 rings (SSSR count). The Morgan fingerprint density at radius 3 is 2.64 bits per heavy atom. The quantitative estimate of drug-likeness (QED) is 0.426. The minimum Gasteiger partial charge on any atom is -0.370 e. The molecule has 60 valence electrons. The summed E-state index contributed by atoms with van der Waals surface area (Å²) < 4.78 is 1.66. The molecule has 4 N–H and O–H groups in total. The molecule has 0 amide bonds. The Hall–Kier alpha value is -1.52. The number of rotatable bonds is 1. The summed E-state index contributed by atoms with van der Waals surface area (Å²) in [5.74, 6) is 0.0566. The van der Waals surface area contributed by atoms with E-state index in [0.717, 1.165) is 5.69 Å². The van der Waals surface area contributed by atoms with E-state index in [1.54, 1.807) is 10.9 Å². The Morgan fingerprint density at radius 2 is 2.27 bits per heavy atom. The summed E-state index contributed by atoms with van der Waals surface area (Å²) in [6, 6.07) is 0. The summed E-state index contributed by atoms with van der Waals surface area (Å²) >= 11 is 0. The van der Waals surface area contributed by atoms with Crippen molar-refractivity contribution in [1.29, 1.82) is 0 Å². The third-order valence-electron chi connectivity index (χ3n) is 1.24. The van der Waals surface area contributed by atoms with Gasteiger partial charge in [-0.05, 0) is 6.92 Å². The van der Waals surface area contributed by atoms with Crippen LogP contribution < -0.4 is 11.5 Å². The van der Waals surface area contributed by atoms with Gasteiger partial charge in [0, 0.05) is 7.05 Å². The smallest absolute Gasteiger partial charge is 0.191 e. The van der Waals surface area contributed by atoms with E-state index in [4.69, 9.17) is 11.5 Å². The van der Waals surface area contributed by atoms with Crippen molar-refractivity contribution in [3.05, 3.63) is 11.9 Å². The molecule has 1 aromatic rings. The topological polar surface area (TPSA) is 82.2 Å². The molecule has 0 aliphatic carbocycles. The molecule has 5 heteroatoms. The van der Waals surface area contributed by atoms with Crippen LogP contribution in [0.25, 0.3) is 0 Å². The number of nitrogens with zero attached hydrogens (tertiary/aromatic N) is 3. The lowest BCUT2D eigenvalue weighted by Gasteiger charge is -1.88. The molecule has 0 spiro atoms. The van der Waals surface area contributed by atoms with Crippen LogP contribution >= 0.6 is 0 Å². The second kappa shape index (κ2) is 2.61. The van der Waals surface area contributed by atoms with E-state index >= 15 is 0 Å². The van der Waals surface area contributed by atoms with E-state index in [0.29, 0.717) is 5.69 Å². The van der Waals surface area contributed by atoms with Crippen LogP contribution in [-0.2, 0) is 7.05 Å². The molecule has 0 fully saturated rings. The fourth-order valence-corrected chi connectivity index (χ4v) is 0.836. The molecule has 0 saturated carbocycles. The number of hydrogen-bond donors (Lipinski definition) is 2. The van der Waals surface area contributed by atoms with Crippen LogP contribution in [0.2, 0.25) is 0 Å². The number of aromatic nitrogens is 2. The molecular weight excluding hydrogens is 142 g/mol. The van der Waals surface area contributed by atoms with Crippen molar-refractivity contribution in [1.82, 2.24) is 9.78 Å². The number of guanidine groups is 1. The normalized spacial score (nSPS) is 9.64. The largest absolute Gasteiger partial charge is 0.370 e. The fourth-order valence-electron chi connectivity index (χ4n) is 0.836. The fraction of sp³-hybridized carbons (Fsp3) is 0.333. The summed E-state index contributed by atoms with van der Waals surface area (Å²) in [7, 11) is 1.82. The summed E-state index contributed by atoms with van der Waals surface area (Å²) in [5.41, 5.74) is 11.9. The predicted octanol–water partition coefficient (Wildman–Crippen LogP) is -0.367. The Bertz CT molecular complexity index is 281. The van der Waals surface area contributed by atoms with Crippen LogP contribution in [0.5, 0.6) is 0 Å². The third kappa shape index (κ3) is 1.70. The van der Waals surface area contributed by atoms with E-state index in [-0.39, 0.29) is 5.96 Å². The first-order chi connectivity index (χ1) is 5.09. The molecule has 0 unspecified atom stereocenters. The molecule has 0 aliphatic heterocycles. The molecule has 0 radical (unpaired) electrons. The number of nitrogens with two attached hydrogens (primary N) is 2. The van der Waals surface area contributed by atoms with Crippen molar-refractivity contribution in [2.45, 2.75) is 6.92 Å². The summed E-state index contributed by atoms with van der Waals surface area (Å²) in [5, 5.41) is 4.06. The van der Waals surface area contributed by atoms with Crippen LogP contribution in [-0.4, -0.2) is 15.7 Å². The van der Waals surface area contributed by atoms with Gasteiger partial charge in [0.25, 0.3) is 0 Å². The van der Waals surface area contributed by atoms with E-state index < -0.39 is 0 Å². The summed E-state index contributed by atoms with van der Waals surface area (Å²) in [6.07, 6.45) is 1.76. The van der Waals surface area contributed by atoms with Gasteiger partial charge in [-0.25, -0.2) is 4.99 Å². The van der Waals surface area contributed by atoms with Crippen LogP contribution in [0.4, 0.5) is 5.69 Å². The lowest BCUT2D eigenvalue weighted by Crippen LogP contribution is -2.21. The number of aliphatic imine (C=N–C) groups is 1. The standard InChI is InChI=1S/C6H11N5/c1-4-5(9-6(7)8)3-11(2)10-4/h3H,1-2H3,(H4,7,8,9). The van der Waals surface area contributed by atoms with E-state index in [1.807, 2.05) is 14.0 Å². The Kier molecular flexibility index (Phi) is 1.80. The lowest BCUT2D eigenvalue weighted by atomic mass is 10.4. The van der Waals surface area contributed by atoms with Crippen molar-refractivity contribution in [2.75, 3.05) is 0 Å². The summed E-state index contributed by atoms with van der Waals surface area (Å²) in [4.78, 5) is 3.87. The van der Waals surface area contributed by atoms with Gasteiger partial charge >= 0.3 is 0 Å². The second-order valence-electron chi connectivity index (χ2n) is 2.31. The van der Waals surface area contributed by atoms with E-state index in [1.165, 1.54) is 0 Å². The van der Waals surface area contributed by atoms with E-state index in [9.17, 15) is 0 Å². The summed E-state index contributed by atoms with van der Waals surface area (Å²) in [6.45, 7) is 1.85. The van der Waals surface area contributed by atoms with E-state index in [2.05, 4.69) is 10.1 Å².